The zero-order chi connectivity index (χ0) is 23.4. The molecule has 164 valence electrons. The smallest absolute Gasteiger partial charge is 0.285 e. The van der Waals surface area contributed by atoms with Gasteiger partial charge in [0.2, 0.25) is 17.4 Å². The first-order valence-corrected chi connectivity index (χ1v) is 9.71. The average Bonchev–Trinajstić information content (AvgIpc) is 3.39. The van der Waals surface area contributed by atoms with Gasteiger partial charge in [0.1, 0.15) is 0 Å². The molecule has 0 aliphatic rings. The van der Waals surface area contributed by atoms with E-state index < -0.39 is 22.0 Å². The molecular weight excluding hydrogens is 430 g/mol. The first-order valence-electron chi connectivity index (χ1n) is 9.71. The third-order valence-electron chi connectivity index (χ3n) is 5.38. The van der Waals surface area contributed by atoms with Crippen LogP contribution in [0.5, 0.6) is 0 Å². The van der Waals surface area contributed by atoms with Crippen LogP contribution in [0.2, 0.25) is 0 Å². The maximum atomic E-state index is 13.3. The minimum absolute atomic E-state index is 0.0158. The van der Waals surface area contributed by atoms with E-state index in [9.17, 15) is 24.5 Å². The van der Waals surface area contributed by atoms with E-state index in [2.05, 4.69) is 10.1 Å². The summed E-state index contributed by atoms with van der Waals surface area (Å²) in [4.78, 5) is 53.7. The zero-order valence-electron chi connectivity index (χ0n) is 17.4. The molecule has 0 N–H and O–H groups in total. The van der Waals surface area contributed by atoms with Crippen molar-refractivity contribution in [2.75, 3.05) is 0 Å². The highest BCUT2D eigenvalue weighted by Crippen LogP contribution is 2.22. The van der Waals surface area contributed by atoms with Crippen molar-refractivity contribution in [1.29, 1.82) is 0 Å². The standard InChI is InChI=1S/C21H15N7O5/c1-24-17-15(19(30)25(2)21(24)31)26-18(16(29)12-6-4-3-5-7-12)23-27(20(26)22-17)13-8-10-14(11-9-13)28(32)33/h3-11H,1-2H3. The average molecular weight is 445 g/mol. The number of nitrogens with zero attached hydrogens (tertiary/aromatic N) is 7. The quantitative estimate of drug-likeness (QED) is 0.230. The molecule has 0 saturated carbocycles. The lowest BCUT2D eigenvalue weighted by Crippen LogP contribution is -2.37. The number of hydrogen-bond donors (Lipinski definition) is 0. The number of non-ortho nitro benzene ring substituents is 1. The molecule has 0 amide bonds. The Morgan fingerprint density at radius 3 is 2.27 bits per heavy atom. The molecule has 0 aliphatic carbocycles. The van der Waals surface area contributed by atoms with Crippen LogP contribution < -0.4 is 11.2 Å². The van der Waals surface area contributed by atoms with Gasteiger partial charge in [0.25, 0.3) is 11.2 Å². The molecular formula is C21H15N7O5. The topological polar surface area (TPSA) is 139 Å². The molecule has 33 heavy (non-hydrogen) atoms. The zero-order valence-corrected chi connectivity index (χ0v) is 17.4. The fourth-order valence-electron chi connectivity index (χ4n) is 3.67. The number of imidazole rings is 1. The number of hydrogen-bond acceptors (Lipinski definition) is 7. The molecule has 0 fully saturated rings. The van der Waals surface area contributed by atoms with Crippen molar-refractivity contribution in [3.05, 3.63) is 96.9 Å². The fourth-order valence-corrected chi connectivity index (χ4v) is 3.67. The summed E-state index contributed by atoms with van der Waals surface area (Å²) in [5.74, 6) is -0.444. The normalized spacial score (nSPS) is 11.3. The molecule has 2 aromatic carbocycles. The van der Waals surface area contributed by atoms with Crippen LogP contribution in [0.3, 0.4) is 0 Å². The molecule has 0 aliphatic heterocycles. The van der Waals surface area contributed by atoms with Crippen molar-refractivity contribution < 1.29 is 9.72 Å². The Hall–Kier alpha value is -4.87. The molecule has 12 heteroatoms. The van der Waals surface area contributed by atoms with E-state index in [-0.39, 0.29) is 28.5 Å². The Labute approximate surface area is 183 Å². The lowest BCUT2D eigenvalue weighted by Gasteiger charge is -2.03. The predicted molar refractivity (Wildman–Crippen MR) is 117 cm³/mol. The van der Waals surface area contributed by atoms with Crippen LogP contribution in [0, 0.1) is 10.1 Å². The highest BCUT2D eigenvalue weighted by Gasteiger charge is 2.26. The predicted octanol–water partition coefficient (Wildman–Crippen LogP) is 1.21. The van der Waals surface area contributed by atoms with Gasteiger partial charge in [-0.3, -0.25) is 28.8 Å². The molecule has 5 aromatic rings. The Kier molecular flexibility index (Phi) is 4.31. The van der Waals surface area contributed by atoms with Gasteiger partial charge in [-0.1, -0.05) is 30.3 Å². The van der Waals surface area contributed by atoms with Gasteiger partial charge in [-0.05, 0) is 12.1 Å². The van der Waals surface area contributed by atoms with Gasteiger partial charge in [-0.15, -0.1) is 5.10 Å². The van der Waals surface area contributed by atoms with Gasteiger partial charge < -0.3 is 0 Å². The minimum Gasteiger partial charge on any atom is -0.285 e. The number of carbonyl (C=O) groups is 1. The van der Waals surface area contributed by atoms with Crippen molar-refractivity contribution in [1.82, 2.24) is 28.3 Å². The van der Waals surface area contributed by atoms with Crippen LogP contribution in [0.1, 0.15) is 16.2 Å². The summed E-state index contributed by atoms with van der Waals surface area (Å²) in [5, 5.41) is 15.4. The second kappa shape index (κ2) is 7.09. The van der Waals surface area contributed by atoms with E-state index >= 15 is 0 Å². The molecule has 0 unspecified atom stereocenters. The molecule has 3 aromatic heterocycles. The molecule has 0 spiro atoms. The number of nitro groups is 1. The van der Waals surface area contributed by atoms with Gasteiger partial charge in [0.05, 0.1) is 10.6 Å². The van der Waals surface area contributed by atoms with E-state index in [4.69, 9.17) is 0 Å². The lowest BCUT2D eigenvalue weighted by atomic mass is 10.1. The number of nitro benzene ring substituents is 1. The molecule has 3 heterocycles. The maximum Gasteiger partial charge on any atom is 0.332 e. The maximum absolute atomic E-state index is 13.3. The third kappa shape index (κ3) is 2.88. The number of aromatic nitrogens is 6. The van der Waals surface area contributed by atoms with Crippen molar-refractivity contribution in [3.8, 4) is 5.69 Å². The monoisotopic (exact) mass is 445 g/mol. The van der Waals surface area contributed by atoms with E-state index in [1.165, 1.54) is 52.0 Å². The van der Waals surface area contributed by atoms with Gasteiger partial charge in [0, 0.05) is 31.8 Å². The number of rotatable bonds is 4. The first kappa shape index (κ1) is 20.1. The number of fused-ring (bicyclic) bond motifs is 3. The Morgan fingerprint density at radius 1 is 0.970 bits per heavy atom. The summed E-state index contributed by atoms with van der Waals surface area (Å²) in [6.07, 6.45) is 0. The number of aryl methyl sites for hydroxylation is 1. The third-order valence-corrected chi connectivity index (χ3v) is 5.38. The van der Waals surface area contributed by atoms with Crippen molar-refractivity contribution in [3.63, 3.8) is 0 Å². The van der Waals surface area contributed by atoms with Gasteiger partial charge in [-0.25, -0.2) is 9.20 Å². The summed E-state index contributed by atoms with van der Waals surface area (Å²) in [6, 6.07) is 13.9. The molecule has 0 bridgehead atoms. The Morgan fingerprint density at radius 2 is 1.64 bits per heavy atom. The minimum atomic E-state index is -0.633. The van der Waals surface area contributed by atoms with Gasteiger partial charge in [0.15, 0.2) is 11.2 Å². The number of carbonyl (C=O) groups excluding carboxylic acids is 1. The van der Waals surface area contributed by atoms with Crippen LogP contribution in [-0.4, -0.2) is 39.0 Å². The molecule has 0 radical (unpaired) electrons. The van der Waals surface area contributed by atoms with E-state index in [1.54, 1.807) is 30.3 Å². The van der Waals surface area contributed by atoms with Crippen molar-refractivity contribution in [2.24, 2.45) is 14.1 Å². The van der Waals surface area contributed by atoms with Crippen molar-refractivity contribution >= 4 is 28.4 Å². The van der Waals surface area contributed by atoms with Crippen LogP contribution in [0.15, 0.2) is 64.2 Å². The summed E-state index contributed by atoms with van der Waals surface area (Å²) < 4.78 is 4.76. The highest BCUT2D eigenvalue weighted by molar-refractivity contribution is 6.07. The van der Waals surface area contributed by atoms with Crippen LogP contribution in [0.25, 0.3) is 22.6 Å². The fraction of sp³-hybridized carbons (Fsp3) is 0.0952. The summed E-state index contributed by atoms with van der Waals surface area (Å²) in [5.41, 5.74) is -0.497. The van der Waals surface area contributed by atoms with Crippen LogP contribution >= 0.6 is 0 Å². The lowest BCUT2D eigenvalue weighted by molar-refractivity contribution is -0.384. The second-order valence-electron chi connectivity index (χ2n) is 7.33. The Bertz CT molecular complexity index is 1710. The van der Waals surface area contributed by atoms with E-state index in [0.717, 1.165) is 4.57 Å². The van der Waals surface area contributed by atoms with Gasteiger partial charge >= 0.3 is 5.69 Å². The van der Waals surface area contributed by atoms with Crippen LogP contribution in [-0.2, 0) is 14.1 Å². The van der Waals surface area contributed by atoms with Crippen molar-refractivity contribution in [2.45, 2.75) is 0 Å². The highest BCUT2D eigenvalue weighted by atomic mass is 16.6. The largest absolute Gasteiger partial charge is 0.332 e. The second-order valence-corrected chi connectivity index (χ2v) is 7.33. The molecule has 0 saturated heterocycles. The number of benzene rings is 2. The molecule has 0 atom stereocenters. The summed E-state index contributed by atoms with van der Waals surface area (Å²) in [7, 11) is 2.81. The number of ketones is 1. The summed E-state index contributed by atoms with van der Waals surface area (Å²) >= 11 is 0. The molecule has 5 rings (SSSR count). The summed E-state index contributed by atoms with van der Waals surface area (Å²) in [6.45, 7) is 0. The van der Waals surface area contributed by atoms with Gasteiger partial charge in [-0.2, -0.15) is 9.67 Å². The van der Waals surface area contributed by atoms with E-state index in [1.807, 2.05) is 0 Å². The molecule has 12 nitrogen and oxygen atoms in total. The Balaban J connectivity index is 1.89. The van der Waals surface area contributed by atoms with Crippen LogP contribution in [0.4, 0.5) is 5.69 Å². The first-order chi connectivity index (χ1) is 15.8. The SMILES string of the molecule is Cn1c(=O)c2c(nc3n(-c4ccc([N+](=O)[O-])cc4)nc(C(=O)c4ccccc4)n23)n(C)c1=O. The van der Waals surface area contributed by atoms with E-state index in [0.29, 0.717) is 11.3 Å².